The molecule has 23 heavy (non-hydrogen) atoms. The van der Waals surface area contributed by atoms with E-state index in [1.807, 2.05) is 30.3 Å². The number of aryl methyl sites for hydroxylation is 1. The smallest absolute Gasteiger partial charge is 0.214 e. The van der Waals surface area contributed by atoms with Crippen molar-refractivity contribution >= 4 is 12.2 Å². The minimum absolute atomic E-state index is 0.545. The van der Waals surface area contributed by atoms with Crippen LogP contribution in [0.15, 0.2) is 54.9 Å². The van der Waals surface area contributed by atoms with Crippen LogP contribution in [0.5, 0.6) is 5.75 Å². The highest BCUT2D eigenvalue weighted by atomic mass is 32.1. The fourth-order valence-corrected chi connectivity index (χ4v) is 2.37. The monoisotopic (exact) mass is 326 g/mol. The number of hydrogen-bond acceptors (Lipinski definition) is 4. The SMILES string of the molecule is Cc1cccc(COc2ccc(CNn3cn[nH]c3=S)cc2)c1. The number of ether oxygens (including phenoxy) is 1. The normalized spacial score (nSPS) is 10.5. The average Bonchev–Trinajstić information content (AvgIpc) is 2.97. The molecule has 0 aliphatic carbocycles. The summed E-state index contributed by atoms with van der Waals surface area (Å²) in [4.78, 5) is 0. The number of nitrogens with one attached hydrogen (secondary N) is 2. The van der Waals surface area contributed by atoms with Crippen LogP contribution in [0.3, 0.4) is 0 Å². The minimum Gasteiger partial charge on any atom is -0.489 e. The molecule has 0 amide bonds. The summed E-state index contributed by atoms with van der Waals surface area (Å²) in [5.74, 6) is 0.857. The fourth-order valence-electron chi connectivity index (χ4n) is 2.21. The van der Waals surface area contributed by atoms with E-state index in [1.165, 1.54) is 11.1 Å². The van der Waals surface area contributed by atoms with Crippen LogP contribution in [0, 0.1) is 11.7 Å². The predicted molar refractivity (Wildman–Crippen MR) is 92.4 cm³/mol. The molecule has 6 heteroatoms. The van der Waals surface area contributed by atoms with Gasteiger partial charge >= 0.3 is 0 Å². The molecule has 5 nitrogen and oxygen atoms in total. The molecular formula is C17H18N4OS. The number of hydrogen-bond donors (Lipinski definition) is 2. The third-order valence-electron chi connectivity index (χ3n) is 3.42. The number of nitrogens with zero attached hydrogens (tertiary/aromatic N) is 2. The van der Waals surface area contributed by atoms with E-state index in [0.717, 1.165) is 11.3 Å². The lowest BCUT2D eigenvalue weighted by Crippen LogP contribution is -2.13. The van der Waals surface area contributed by atoms with Gasteiger partial charge in [-0.1, -0.05) is 42.0 Å². The first kappa shape index (κ1) is 15.3. The summed E-state index contributed by atoms with van der Waals surface area (Å²) in [6, 6.07) is 16.3. The maximum absolute atomic E-state index is 5.81. The lowest BCUT2D eigenvalue weighted by molar-refractivity contribution is 0.306. The van der Waals surface area contributed by atoms with Gasteiger partial charge < -0.3 is 10.2 Å². The second-order valence-electron chi connectivity index (χ2n) is 5.29. The quantitative estimate of drug-likeness (QED) is 0.680. The van der Waals surface area contributed by atoms with Crippen molar-refractivity contribution in [2.45, 2.75) is 20.1 Å². The van der Waals surface area contributed by atoms with Gasteiger partial charge in [0.25, 0.3) is 0 Å². The molecule has 3 aromatic rings. The molecule has 1 aromatic heterocycles. The van der Waals surface area contributed by atoms with Crippen LogP contribution in [0.25, 0.3) is 0 Å². The summed E-state index contributed by atoms with van der Waals surface area (Å²) in [5.41, 5.74) is 6.72. The highest BCUT2D eigenvalue weighted by molar-refractivity contribution is 7.71. The van der Waals surface area contributed by atoms with Crippen molar-refractivity contribution in [3.05, 3.63) is 76.3 Å². The van der Waals surface area contributed by atoms with Gasteiger partial charge in [-0.3, -0.25) is 5.10 Å². The molecule has 3 rings (SSSR count). The summed E-state index contributed by atoms with van der Waals surface area (Å²) in [6.07, 6.45) is 1.61. The van der Waals surface area contributed by atoms with Crippen molar-refractivity contribution < 1.29 is 4.74 Å². The standard InChI is InChI=1S/C17H18N4OS/c1-13-3-2-4-15(9-13)11-22-16-7-5-14(6-8-16)10-19-21-12-18-20-17(21)23/h2-9,12,19H,10-11H2,1H3,(H,20,23). The van der Waals surface area contributed by atoms with E-state index < -0.39 is 0 Å². The lowest BCUT2D eigenvalue weighted by atomic mass is 10.1. The first-order chi connectivity index (χ1) is 11.2. The molecule has 0 spiro atoms. The maximum atomic E-state index is 5.81. The molecule has 1 heterocycles. The topological polar surface area (TPSA) is 54.9 Å². The van der Waals surface area contributed by atoms with Crippen molar-refractivity contribution in [3.63, 3.8) is 0 Å². The first-order valence-corrected chi connectivity index (χ1v) is 7.75. The second kappa shape index (κ2) is 7.11. The van der Waals surface area contributed by atoms with Gasteiger partial charge in [0.2, 0.25) is 4.77 Å². The zero-order chi connectivity index (χ0) is 16.1. The summed E-state index contributed by atoms with van der Waals surface area (Å²) < 4.78 is 8.04. The van der Waals surface area contributed by atoms with Crippen LogP contribution in [-0.4, -0.2) is 14.9 Å². The second-order valence-corrected chi connectivity index (χ2v) is 5.67. The van der Waals surface area contributed by atoms with Crippen LogP contribution in [0.2, 0.25) is 0 Å². The summed E-state index contributed by atoms with van der Waals surface area (Å²) >= 11 is 5.07. The molecule has 0 fully saturated rings. The number of H-pyrrole nitrogens is 1. The molecule has 0 aliphatic rings. The van der Waals surface area contributed by atoms with Crippen LogP contribution < -0.4 is 10.2 Å². The zero-order valence-corrected chi connectivity index (χ0v) is 13.6. The number of benzene rings is 2. The third-order valence-corrected chi connectivity index (χ3v) is 3.71. The average molecular weight is 326 g/mol. The van der Waals surface area contributed by atoms with Crippen molar-refractivity contribution in [2.24, 2.45) is 0 Å². The Morgan fingerprint density at radius 1 is 1.17 bits per heavy atom. The Morgan fingerprint density at radius 3 is 2.70 bits per heavy atom. The van der Waals surface area contributed by atoms with Gasteiger partial charge in [-0.25, -0.2) is 4.68 Å². The highest BCUT2D eigenvalue weighted by Gasteiger charge is 1.99. The summed E-state index contributed by atoms with van der Waals surface area (Å²) in [7, 11) is 0. The van der Waals surface area contributed by atoms with Gasteiger partial charge in [0.05, 0.1) is 6.54 Å². The first-order valence-electron chi connectivity index (χ1n) is 7.34. The lowest BCUT2D eigenvalue weighted by Gasteiger charge is -2.09. The van der Waals surface area contributed by atoms with Crippen molar-refractivity contribution in [1.29, 1.82) is 0 Å². The summed E-state index contributed by atoms with van der Waals surface area (Å²) in [6.45, 7) is 3.31. The van der Waals surface area contributed by atoms with Crippen LogP contribution in [-0.2, 0) is 13.2 Å². The number of aromatic amines is 1. The maximum Gasteiger partial charge on any atom is 0.214 e. The number of aromatic nitrogens is 3. The Hall–Kier alpha value is -2.60. The van der Waals surface area contributed by atoms with E-state index in [1.54, 1.807) is 11.0 Å². The molecule has 2 aromatic carbocycles. The van der Waals surface area contributed by atoms with Crippen LogP contribution in [0.4, 0.5) is 0 Å². The van der Waals surface area contributed by atoms with Crippen molar-refractivity contribution in [1.82, 2.24) is 14.9 Å². The van der Waals surface area contributed by atoms with E-state index in [2.05, 4.69) is 40.7 Å². The highest BCUT2D eigenvalue weighted by Crippen LogP contribution is 2.15. The van der Waals surface area contributed by atoms with Crippen molar-refractivity contribution in [3.8, 4) is 5.75 Å². The van der Waals surface area contributed by atoms with E-state index in [-0.39, 0.29) is 0 Å². The van der Waals surface area contributed by atoms with Gasteiger partial charge in [-0.15, -0.1) is 0 Å². The zero-order valence-electron chi connectivity index (χ0n) is 12.8. The molecular weight excluding hydrogens is 308 g/mol. The fraction of sp³-hybridized carbons (Fsp3) is 0.176. The molecule has 0 aliphatic heterocycles. The van der Waals surface area contributed by atoms with Gasteiger partial charge in [-0.2, -0.15) is 5.10 Å². The molecule has 0 saturated carbocycles. The minimum atomic E-state index is 0.545. The third kappa shape index (κ3) is 4.20. The van der Waals surface area contributed by atoms with Gasteiger partial charge in [0.1, 0.15) is 18.7 Å². The molecule has 0 saturated heterocycles. The van der Waals surface area contributed by atoms with Crippen LogP contribution in [0.1, 0.15) is 16.7 Å². The van der Waals surface area contributed by atoms with E-state index in [9.17, 15) is 0 Å². The Labute approximate surface area is 139 Å². The molecule has 0 atom stereocenters. The van der Waals surface area contributed by atoms with E-state index >= 15 is 0 Å². The Bertz CT molecular complexity index is 823. The van der Waals surface area contributed by atoms with Crippen LogP contribution >= 0.6 is 12.2 Å². The van der Waals surface area contributed by atoms with Gasteiger partial charge in [0, 0.05) is 0 Å². The van der Waals surface area contributed by atoms with Crippen molar-refractivity contribution in [2.75, 3.05) is 5.43 Å². The Kier molecular flexibility index (Phi) is 4.73. The Morgan fingerprint density at radius 2 is 2.00 bits per heavy atom. The molecule has 0 radical (unpaired) electrons. The van der Waals surface area contributed by atoms with Gasteiger partial charge in [-0.05, 0) is 42.4 Å². The van der Waals surface area contributed by atoms with E-state index in [4.69, 9.17) is 17.0 Å². The summed E-state index contributed by atoms with van der Waals surface area (Å²) in [5, 5.41) is 6.55. The van der Waals surface area contributed by atoms with E-state index in [0.29, 0.717) is 17.9 Å². The predicted octanol–water partition coefficient (Wildman–Crippen LogP) is 3.57. The Balaban J connectivity index is 1.54. The molecule has 0 unspecified atom stereocenters. The molecule has 0 bridgehead atoms. The molecule has 2 N–H and O–H groups in total. The largest absolute Gasteiger partial charge is 0.489 e. The molecule has 118 valence electrons. The number of rotatable bonds is 6. The van der Waals surface area contributed by atoms with Gasteiger partial charge in [0.15, 0.2) is 0 Å².